The Hall–Kier alpha value is -1.52. The van der Waals surface area contributed by atoms with Crippen molar-refractivity contribution in [3.05, 3.63) is 12.7 Å². The number of nitrogens with zero attached hydrogens (tertiary/aromatic N) is 1. The maximum Gasteiger partial charge on any atom is 0.329 e. The smallest absolute Gasteiger partial charge is 0.329 e. The summed E-state index contributed by atoms with van der Waals surface area (Å²) < 4.78 is 0. The number of carbonyl (C=O) groups excluding carboxylic acids is 1. The lowest BCUT2D eigenvalue weighted by atomic mass is 9.96. The van der Waals surface area contributed by atoms with Crippen LogP contribution in [0.1, 0.15) is 40.5 Å². The molecule has 0 aromatic carbocycles. The maximum absolute atomic E-state index is 12.3. The van der Waals surface area contributed by atoms with Crippen molar-refractivity contribution in [3.8, 4) is 0 Å². The molecule has 1 fully saturated rings. The Labute approximate surface area is 114 Å². The monoisotopic (exact) mass is 268 g/mol. The van der Waals surface area contributed by atoms with E-state index in [-0.39, 0.29) is 17.5 Å². The number of nitrogens with one attached hydrogen (secondary N) is 1. The average Bonchev–Trinajstić information content (AvgIpc) is 3.07. The summed E-state index contributed by atoms with van der Waals surface area (Å²) in [5, 5.41) is 12.0. The molecule has 0 aromatic heterocycles. The van der Waals surface area contributed by atoms with Crippen molar-refractivity contribution in [2.24, 2.45) is 5.92 Å². The van der Waals surface area contributed by atoms with Crippen LogP contribution in [0.2, 0.25) is 0 Å². The molecule has 108 valence electrons. The number of hydrogen-bond acceptors (Lipinski definition) is 2. The van der Waals surface area contributed by atoms with Gasteiger partial charge in [0.15, 0.2) is 0 Å². The second kappa shape index (κ2) is 5.23. The maximum atomic E-state index is 12.3. The summed E-state index contributed by atoms with van der Waals surface area (Å²) in [4.78, 5) is 25.3. The zero-order valence-electron chi connectivity index (χ0n) is 12.2. The molecule has 19 heavy (non-hydrogen) atoms. The zero-order valence-corrected chi connectivity index (χ0v) is 12.2. The first kappa shape index (κ1) is 15.5. The third-order valence-electron chi connectivity index (χ3n) is 3.57. The van der Waals surface area contributed by atoms with Crippen LogP contribution in [0, 0.1) is 5.92 Å². The van der Waals surface area contributed by atoms with E-state index in [9.17, 15) is 14.7 Å². The summed E-state index contributed by atoms with van der Waals surface area (Å²) >= 11 is 0. The number of hydrogen-bond donors (Lipinski definition) is 2. The van der Waals surface area contributed by atoms with E-state index < -0.39 is 11.5 Å². The lowest BCUT2D eigenvalue weighted by Crippen LogP contribution is -2.60. The van der Waals surface area contributed by atoms with Crippen molar-refractivity contribution < 1.29 is 14.7 Å². The third-order valence-corrected chi connectivity index (χ3v) is 3.57. The molecular formula is C14H24N2O3. The second-order valence-corrected chi connectivity index (χ2v) is 6.28. The van der Waals surface area contributed by atoms with Crippen molar-refractivity contribution in [2.75, 3.05) is 6.54 Å². The molecule has 5 heteroatoms. The van der Waals surface area contributed by atoms with Crippen LogP contribution in [-0.2, 0) is 4.79 Å². The van der Waals surface area contributed by atoms with Crippen molar-refractivity contribution in [3.63, 3.8) is 0 Å². The first-order valence-electron chi connectivity index (χ1n) is 6.57. The second-order valence-electron chi connectivity index (χ2n) is 6.28. The highest BCUT2D eigenvalue weighted by Gasteiger charge is 2.49. The molecule has 0 aliphatic heterocycles. The van der Waals surface area contributed by atoms with Gasteiger partial charge in [-0.25, -0.2) is 9.59 Å². The molecular weight excluding hydrogens is 244 g/mol. The molecule has 1 saturated carbocycles. The lowest BCUT2D eigenvalue weighted by Gasteiger charge is -2.38. The Morgan fingerprint density at radius 2 is 1.89 bits per heavy atom. The minimum atomic E-state index is -1.18. The van der Waals surface area contributed by atoms with E-state index in [1.165, 1.54) is 0 Å². The molecule has 5 nitrogen and oxygen atoms in total. The number of aliphatic carboxylic acids is 1. The Kier molecular flexibility index (Phi) is 4.28. The van der Waals surface area contributed by atoms with E-state index in [0.29, 0.717) is 6.54 Å². The Morgan fingerprint density at radius 1 is 1.37 bits per heavy atom. The van der Waals surface area contributed by atoms with E-state index in [1.807, 2.05) is 20.8 Å². The third kappa shape index (κ3) is 3.49. The van der Waals surface area contributed by atoms with Crippen molar-refractivity contribution in [2.45, 2.75) is 51.6 Å². The number of amides is 2. The summed E-state index contributed by atoms with van der Waals surface area (Å²) in [6.07, 6.45) is 3.33. The Balaban J connectivity index is 2.86. The van der Waals surface area contributed by atoms with Crippen molar-refractivity contribution in [1.82, 2.24) is 10.2 Å². The fraction of sp³-hybridized carbons (Fsp3) is 0.714. The van der Waals surface area contributed by atoms with Gasteiger partial charge < -0.3 is 15.3 Å². The van der Waals surface area contributed by atoms with Crippen LogP contribution in [0.25, 0.3) is 0 Å². The lowest BCUT2D eigenvalue weighted by molar-refractivity contribution is -0.144. The van der Waals surface area contributed by atoms with Gasteiger partial charge in [0, 0.05) is 12.1 Å². The summed E-state index contributed by atoms with van der Waals surface area (Å²) in [5.41, 5.74) is -1.57. The molecule has 0 spiro atoms. The fourth-order valence-corrected chi connectivity index (χ4v) is 2.07. The van der Waals surface area contributed by atoms with Gasteiger partial charge in [-0.15, -0.1) is 6.58 Å². The van der Waals surface area contributed by atoms with Gasteiger partial charge in [0.1, 0.15) is 5.54 Å². The zero-order chi connectivity index (χ0) is 14.8. The van der Waals surface area contributed by atoms with Gasteiger partial charge in [0.05, 0.1) is 0 Å². The number of carbonyl (C=O) groups is 2. The summed E-state index contributed by atoms with van der Waals surface area (Å²) in [5.74, 6) is -0.949. The normalized spacial score (nSPS) is 18.3. The van der Waals surface area contributed by atoms with E-state index in [1.54, 1.807) is 17.9 Å². The molecule has 1 atom stereocenters. The fourth-order valence-electron chi connectivity index (χ4n) is 2.07. The predicted octanol–water partition coefficient (Wildman–Crippen LogP) is 2.24. The van der Waals surface area contributed by atoms with Gasteiger partial charge in [0.2, 0.25) is 0 Å². The molecule has 1 aliphatic rings. The van der Waals surface area contributed by atoms with E-state index in [4.69, 9.17) is 0 Å². The van der Waals surface area contributed by atoms with E-state index >= 15 is 0 Å². The number of carboxylic acid groups (broad SMARTS) is 1. The molecule has 0 aromatic rings. The average molecular weight is 268 g/mol. The van der Waals surface area contributed by atoms with E-state index in [0.717, 1.165) is 12.8 Å². The molecule has 0 radical (unpaired) electrons. The van der Waals surface area contributed by atoms with Crippen LogP contribution < -0.4 is 5.32 Å². The summed E-state index contributed by atoms with van der Waals surface area (Å²) in [7, 11) is 0. The van der Waals surface area contributed by atoms with Crippen LogP contribution in [-0.4, -0.2) is 39.6 Å². The molecule has 0 bridgehead atoms. The number of rotatable bonds is 5. The number of urea groups is 1. The number of carboxylic acids is 1. The first-order valence-corrected chi connectivity index (χ1v) is 6.57. The highest BCUT2D eigenvalue weighted by Crippen LogP contribution is 2.40. The van der Waals surface area contributed by atoms with Gasteiger partial charge in [0.25, 0.3) is 0 Å². The van der Waals surface area contributed by atoms with Crippen molar-refractivity contribution >= 4 is 12.0 Å². The van der Waals surface area contributed by atoms with Gasteiger partial charge >= 0.3 is 12.0 Å². The quantitative estimate of drug-likeness (QED) is 0.751. The largest absolute Gasteiger partial charge is 0.480 e. The standard InChI is InChI=1S/C14H24N2O3/c1-6-9-16(13(2,3)4)12(19)15-14(5,11(17)18)10-7-8-10/h6,10H,1,7-9H2,2-5H3,(H,15,19)(H,17,18). The van der Waals surface area contributed by atoms with Gasteiger partial charge in [-0.2, -0.15) is 0 Å². The van der Waals surface area contributed by atoms with Crippen LogP contribution >= 0.6 is 0 Å². The summed E-state index contributed by atoms with van der Waals surface area (Å²) in [6.45, 7) is 11.3. The predicted molar refractivity (Wildman–Crippen MR) is 74.0 cm³/mol. The molecule has 0 saturated heterocycles. The van der Waals surface area contributed by atoms with Gasteiger partial charge in [-0.05, 0) is 46.5 Å². The van der Waals surface area contributed by atoms with Gasteiger partial charge in [-0.3, -0.25) is 0 Å². The molecule has 1 rings (SSSR count). The topological polar surface area (TPSA) is 69.6 Å². The van der Waals surface area contributed by atoms with E-state index in [2.05, 4.69) is 11.9 Å². The van der Waals surface area contributed by atoms with Crippen LogP contribution in [0.4, 0.5) is 4.79 Å². The van der Waals surface area contributed by atoms with Gasteiger partial charge in [-0.1, -0.05) is 6.08 Å². The minimum Gasteiger partial charge on any atom is -0.480 e. The van der Waals surface area contributed by atoms with Crippen LogP contribution in [0.15, 0.2) is 12.7 Å². The minimum absolute atomic E-state index is 0.0273. The highest BCUT2D eigenvalue weighted by atomic mass is 16.4. The molecule has 1 unspecified atom stereocenters. The molecule has 2 N–H and O–H groups in total. The highest BCUT2D eigenvalue weighted by molar-refractivity contribution is 5.87. The molecule has 2 amide bonds. The van der Waals surface area contributed by atoms with Crippen molar-refractivity contribution in [1.29, 1.82) is 0 Å². The first-order chi connectivity index (χ1) is 8.63. The Bertz CT molecular complexity index is 383. The summed E-state index contributed by atoms with van der Waals surface area (Å²) in [6, 6.07) is -0.357. The van der Waals surface area contributed by atoms with Crippen LogP contribution in [0.3, 0.4) is 0 Å². The molecule has 1 aliphatic carbocycles. The Morgan fingerprint density at radius 3 is 2.21 bits per heavy atom. The SMILES string of the molecule is C=CCN(C(=O)NC(C)(C(=O)O)C1CC1)C(C)(C)C. The molecule has 0 heterocycles. The van der Waals surface area contributed by atoms with Crippen LogP contribution in [0.5, 0.6) is 0 Å².